The van der Waals surface area contributed by atoms with Crippen LogP contribution in [0.25, 0.3) is 10.9 Å². The fraction of sp³-hybridized carbons (Fsp3) is 0.429. The summed E-state index contributed by atoms with van der Waals surface area (Å²) >= 11 is 0. The number of amides is 1. The van der Waals surface area contributed by atoms with Gasteiger partial charge in [-0.05, 0) is 57.5 Å². The number of carbonyl (C=O) groups is 1. The number of hydrogen-bond acceptors (Lipinski definition) is 6. The number of piperidine rings is 1. The summed E-state index contributed by atoms with van der Waals surface area (Å²) in [6, 6.07) is 8.82. The summed E-state index contributed by atoms with van der Waals surface area (Å²) < 4.78 is 43.1. The Kier molecular flexibility index (Phi) is 7.34. The van der Waals surface area contributed by atoms with Crippen LogP contribution in [0.15, 0.2) is 35.1 Å². The molecule has 0 spiro atoms. The molecule has 3 aromatic rings. The lowest BCUT2D eigenvalue weighted by Crippen LogP contribution is -2.42. The SMILES string of the molecule is Cc1cc([C@@H](C)Nc2ccc(F)cc2C(=O)NC(C)(C)C#N)c2nc(N3CCC(F)(F)CC3)n(C)c(=O)c2c1. The third-order valence-electron chi connectivity index (χ3n) is 6.88. The number of nitrogens with zero attached hydrogens (tertiary/aromatic N) is 4. The van der Waals surface area contributed by atoms with Crippen molar-refractivity contribution < 1.29 is 18.0 Å². The van der Waals surface area contributed by atoms with Crippen LogP contribution in [0, 0.1) is 24.1 Å². The van der Waals surface area contributed by atoms with E-state index < -0.39 is 29.2 Å². The molecule has 0 bridgehead atoms. The minimum absolute atomic E-state index is 0.0148. The van der Waals surface area contributed by atoms with E-state index in [1.165, 1.54) is 30.5 Å². The van der Waals surface area contributed by atoms with E-state index in [2.05, 4.69) is 10.6 Å². The fourth-order valence-corrected chi connectivity index (χ4v) is 4.71. The van der Waals surface area contributed by atoms with Gasteiger partial charge in [0.05, 0.1) is 28.6 Å². The number of hydrogen-bond donors (Lipinski definition) is 2. The van der Waals surface area contributed by atoms with Crippen LogP contribution in [-0.4, -0.2) is 40.0 Å². The maximum atomic E-state index is 14.1. The van der Waals surface area contributed by atoms with Crippen LogP contribution in [0.5, 0.6) is 0 Å². The van der Waals surface area contributed by atoms with Crippen LogP contribution in [0.2, 0.25) is 0 Å². The van der Waals surface area contributed by atoms with Crippen molar-refractivity contribution in [3.05, 3.63) is 63.2 Å². The van der Waals surface area contributed by atoms with Gasteiger partial charge in [-0.25, -0.2) is 18.2 Å². The van der Waals surface area contributed by atoms with Crippen molar-refractivity contribution in [3.8, 4) is 6.07 Å². The molecule has 0 radical (unpaired) electrons. The van der Waals surface area contributed by atoms with Crippen LogP contribution in [0.1, 0.15) is 61.1 Å². The first-order chi connectivity index (χ1) is 18.2. The Labute approximate surface area is 224 Å². The van der Waals surface area contributed by atoms with Gasteiger partial charge in [0.2, 0.25) is 5.95 Å². The zero-order valence-electron chi connectivity index (χ0n) is 22.5. The topological polar surface area (TPSA) is 103 Å². The standard InChI is InChI=1S/C28H31F3N6O2/c1-16-12-19(17(2)33-22-7-6-18(29)14-20(22)24(38)35-27(3,4)15-32)23-21(13-16)25(39)36(5)26(34-23)37-10-8-28(30,31)9-11-37/h6-7,12-14,17,33H,8-11H2,1-5H3,(H,35,38)/t17-/m1/s1. The van der Waals surface area contributed by atoms with Crippen LogP contribution in [-0.2, 0) is 7.05 Å². The van der Waals surface area contributed by atoms with Crippen LogP contribution < -0.4 is 21.1 Å². The lowest BCUT2D eigenvalue weighted by molar-refractivity contribution is -0.0223. The van der Waals surface area contributed by atoms with Crippen molar-refractivity contribution >= 4 is 28.4 Å². The second-order valence-corrected chi connectivity index (χ2v) is 10.6. The minimum atomic E-state index is -2.74. The lowest BCUT2D eigenvalue weighted by Gasteiger charge is -2.33. The third-order valence-corrected chi connectivity index (χ3v) is 6.88. The highest BCUT2D eigenvalue weighted by Gasteiger charge is 2.35. The Balaban J connectivity index is 1.75. The van der Waals surface area contributed by atoms with E-state index in [1.807, 2.05) is 26.0 Å². The molecule has 8 nitrogen and oxygen atoms in total. The Bertz CT molecular complexity index is 1530. The lowest BCUT2D eigenvalue weighted by atomic mass is 10.00. The molecular formula is C28H31F3N6O2. The molecule has 1 aromatic heterocycles. The number of aromatic nitrogens is 2. The second kappa shape index (κ2) is 10.2. The quantitative estimate of drug-likeness (QED) is 0.465. The molecule has 1 fully saturated rings. The number of aryl methyl sites for hydroxylation is 1. The normalized spacial score (nSPS) is 16.0. The highest BCUT2D eigenvalue weighted by Crippen LogP contribution is 2.32. The van der Waals surface area contributed by atoms with E-state index in [0.29, 0.717) is 28.1 Å². The molecule has 206 valence electrons. The van der Waals surface area contributed by atoms with Gasteiger partial charge in [0, 0.05) is 44.2 Å². The maximum absolute atomic E-state index is 14.1. The van der Waals surface area contributed by atoms with Gasteiger partial charge in [0.1, 0.15) is 11.4 Å². The number of alkyl halides is 2. The molecule has 0 saturated carbocycles. The Morgan fingerprint density at radius 3 is 2.51 bits per heavy atom. The zero-order chi connectivity index (χ0) is 28.7. The molecule has 2 heterocycles. The number of anilines is 2. The highest BCUT2D eigenvalue weighted by atomic mass is 19.3. The molecule has 1 amide bonds. The molecule has 11 heteroatoms. The molecule has 1 aliphatic rings. The Morgan fingerprint density at radius 2 is 1.87 bits per heavy atom. The number of nitriles is 1. The van der Waals surface area contributed by atoms with Crippen LogP contribution in [0.3, 0.4) is 0 Å². The first-order valence-electron chi connectivity index (χ1n) is 12.7. The third kappa shape index (κ3) is 5.85. The molecule has 39 heavy (non-hydrogen) atoms. The average Bonchev–Trinajstić information content (AvgIpc) is 2.87. The fourth-order valence-electron chi connectivity index (χ4n) is 4.71. The van der Waals surface area contributed by atoms with E-state index in [4.69, 9.17) is 4.98 Å². The molecule has 1 atom stereocenters. The summed E-state index contributed by atoms with van der Waals surface area (Å²) in [4.78, 5) is 32.8. The van der Waals surface area contributed by atoms with E-state index in [0.717, 1.165) is 11.6 Å². The van der Waals surface area contributed by atoms with Crippen molar-refractivity contribution in [1.29, 1.82) is 5.26 Å². The van der Waals surface area contributed by atoms with Gasteiger partial charge >= 0.3 is 0 Å². The van der Waals surface area contributed by atoms with Crippen molar-refractivity contribution in [3.63, 3.8) is 0 Å². The molecule has 4 rings (SSSR count). The smallest absolute Gasteiger partial charge is 0.262 e. The highest BCUT2D eigenvalue weighted by molar-refractivity contribution is 6.00. The first kappa shape index (κ1) is 28.0. The van der Waals surface area contributed by atoms with Gasteiger partial charge in [-0.3, -0.25) is 14.2 Å². The summed E-state index contributed by atoms with van der Waals surface area (Å²) in [5, 5.41) is 15.5. The molecule has 2 N–H and O–H groups in total. The number of rotatable bonds is 6. The van der Waals surface area contributed by atoms with Crippen LogP contribution >= 0.6 is 0 Å². The van der Waals surface area contributed by atoms with Crippen molar-refractivity contribution in [2.45, 2.75) is 58.0 Å². The molecule has 2 aromatic carbocycles. The van der Waals surface area contributed by atoms with Crippen LogP contribution in [0.4, 0.5) is 24.8 Å². The van der Waals surface area contributed by atoms with E-state index in [-0.39, 0.29) is 37.1 Å². The molecule has 0 aliphatic carbocycles. The predicted octanol–water partition coefficient (Wildman–Crippen LogP) is 4.82. The van der Waals surface area contributed by atoms with Crippen molar-refractivity contribution in [1.82, 2.24) is 14.9 Å². The summed E-state index contributed by atoms with van der Waals surface area (Å²) in [6.45, 7) is 6.87. The summed E-state index contributed by atoms with van der Waals surface area (Å²) in [5.41, 5.74) is 0.744. The van der Waals surface area contributed by atoms with Crippen molar-refractivity contribution in [2.24, 2.45) is 7.05 Å². The van der Waals surface area contributed by atoms with Gasteiger partial charge in [-0.1, -0.05) is 6.07 Å². The minimum Gasteiger partial charge on any atom is -0.378 e. The van der Waals surface area contributed by atoms with Gasteiger partial charge in [-0.15, -0.1) is 0 Å². The molecule has 1 aliphatic heterocycles. The predicted molar refractivity (Wildman–Crippen MR) is 144 cm³/mol. The van der Waals surface area contributed by atoms with Gasteiger partial charge < -0.3 is 15.5 Å². The monoisotopic (exact) mass is 540 g/mol. The Hall–Kier alpha value is -4.07. The first-order valence-corrected chi connectivity index (χ1v) is 12.7. The largest absolute Gasteiger partial charge is 0.378 e. The summed E-state index contributed by atoms with van der Waals surface area (Å²) in [6.07, 6.45) is -0.644. The maximum Gasteiger partial charge on any atom is 0.262 e. The number of carbonyl (C=O) groups excluding carboxylic acids is 1. The molecule has 1 saturated heterocycles. The van der Waals surface area contributed by atoms with Crippen molar-refractivity contribution in [2.75, 3.05) is 23.3 Å². The Morgan fingerprint density at radius 1 is 1.21 bits per heavy atom. The average molecular weight is 541 g/mol. The number of nitrogens with one attached hydrogen (secondary N) is 2. The molecule has 0 unspecified atom stereocenters. The summed E-state index contributed by atoms with van der Waals surface area (Å²) in [5.74, 6) is -3.67. The van der Waals surface area contributed by atoms with Gasteiger partial charge in [0.25, 0.3) is 17.4 Å². The number of benzene rings is 2. The van der Waals surface area contributed by atoms with E-state index in [1.54, 1.807) is 18.0 Å². The zero-order valence-corrected chi connectivity index (χ0v) is 22.5. The number of fused-ring (bicyclic) bond motifs is 1. The number of halogens is 3. The van der Waals surface area contributed by atoms with E-state index >= 15 is 0 Å². The van der Waals surface area contributed by atoms with E-state index in [9.17, 15) is 28.0 Å². The summed E-state index contributed by atoms with van der Waals surface area (Å²) in [7, 11) is 1.58. The molecular weight excluding hydrogens is 509 g/mol. The van der Waals surface area contributed by atoms with Gasteiger partial charge in [0.15, 0.2) is 0 Å². The van der Waals surface area contributed by atoms with Gasteiger partial charge in [-0.2, -0.15) is 5.26 Å². The second-order valence-electron chi connectivity index (χ2n) is 10.6.